The van der Waals surface area contributed by atoms with Crippen molar-refractivity contribution in [2.75, 3.05) is 52.4 Å². The van der Waals surface area contributed by atoms with E-state index in [0.717, 1.165) is 13.0 Å². The first-order valence-electron chi connectivity index (χ1n) is 15.1. The minimum Gasteiger partial charge on any atom is -1.00 e. The highest BCUT2D eigenvalue weighted by Crippen LogP contribution is 2.28. The van der Waals surface area contributed by atoms with Crippen LogP contribution in [0.15, 0.2) is 24.3 Å². The topological polar surface area (TPSA) is 69.4 Å². The Morgan fingerprint density at radius 3 is 1.56 bits per heavy atom. The summed E-state index contributed by atoms with van der Waals surface area (Å²) in [6.45, 7) is 12.3. The monoisotopic (exact) mass is 675 g/mol. The number of unbranched alkanes of at least 4 members (excludes halogenated alkanes) is 11. The maximum absolute atomic E-state index is 12.3. The molecule has 3 aliphatic rings. The summed E-state index contributed by atoms with van der Waals surface area (Å²) in [5.41, 5.74) is -0.000855. The summed E-state index contributed by atoms with van der Waals surface area (Å²) < 4.78 is 7.87. The molecular weight excluding hydrogens is 626 g/mol. The number of carbonyl (C=O) groups is 1. The fourth-order valence-corrected chi connectivity index (χ4v) is 6.28. The number of rotatable bonds is 19. The number of esters is 1. The Hall–Kier alpha value is -1.03. The highest BCUT2D eigenvalue weighted by molar-refractivity contribution is 5.72. The molecule has 39 heavy (non-hydrogen) atoms. The summed E-state index contributed by atoms with van der Waals surface area (Å²) in [4.78, 5) is 22.5. The molecule has 0 aliphatic carbocycles. The quantitative estimate of drug-likeness (QED) is 0.0539. The lowest BCUT2D eigenvalue weighted by Gasteiger charge is -2.55. The lowest BCUT2D eigenvalue weighted by molar-refractivity contribution is -1.08. The number of fused-ring (bicyclic) bond motifs is 3. The van der Waals surface area contributed by atoms with Gasteiger partial charge in [0.2, 0.25) is 0 Å². The average molecular weight is 678 g/mol. The second-order valence-corrected chi connectivity index (χ2v) is 11.7. The molecule has 0 unspecified atom stereocenters. The zero-order chi connectivity index (χ0) is 26.4. The van der Waals surface area contributed by atoms with Crippen LogP contribution >= 0.6 is 0 Å². The zero-order valence-electron chi connectivity index (χ0n) is 24.1. The van der Waals surface area contributed by atoms with Gasteiger partial charge in [-0.3, -0.25) is 14.9 Å². The first-order chi connectivity index (χ1) is 18.0. The van der Waals surface area contributed by atoms with Crippen molar-refractivity contribution in [1.82, 2.24) is 0 Å². The van der Waals surface area contributed by atoms with Crippen molar-refractivity contribution in [3.05, 3.63) is 34.4 Å². The molecule has 0 atom stereocenters. The van der Waals surface area contributed by atoms with Gasteiger partial charge in [-0.05, 0) is 25.0 Å². The van der Waals surface area contributed by atoms with Crippen molar-refractivity contribution in [2.45, 2.75) is 96.8 Å². The second kappa shape index (κ2) is 19.2. The number of carbonyl (C=O) groups excluding carboxylic acids is 1. The molecule has 0 amide bonds. The third kappa shape index (κ3) is 12.6. The van der Waals surface area contributed by atoms with Crippen LogP contribution in [0, 0.1) is 10.1 Å². The molecule has 0 aromatic heterocycles. The van der Waals surface area contributed by atoms with Crippen LogP contribution in [0.25, 0.3) is 0 Å². The number of nitrogens with zero attached hydrogens (tertiary/aromatic N) is 3. The molecule has 0 saturated carbocycles. The number of ether oxygens (including phenoxy) is 1. The summed E-state index contributed by atoms with van der Waals surface area (Å²) in [5, 5.41) is 10.8. The van der Waals surface area contributed by atoms with Crippen LogP contribution in [-0.4, -0.2) is 72.2 Å². The van der Waals surface area contributed by atoms with Gasteiger partial charge < -0.3 is 47.7 Å². The number of hydrogen-bond acceptors (Lipinski definition) is 4. The molecule has 2 bridgehead atoms. The smallest absolute Gasteiger partial charge is 0.311 e. The van der Waals surface area contributed by atoms with E-state index in [1.807, 2.05) is 0 Å². The number of nitro groups is 1. The second-order valence-electron chi connectivity index (χ2n) is 11.7. The molecule has 4 rings (SSSR count). The Kier molecular flexibility index (Phi) is 17.7. The third-order valence-corrected chi connectivity index (χ3v) is 8.92. The van der Waals surface area contributed by atoms with Crippen LogP contribution in [0.1, 0.15) is 96.8 Å². The van der Waals surface area contributed by atoms with Gasteiger partial charge in [-0.1, -0.05) is 71.1 Å². The number of hydrogen-bond donors (Lipinski definition) is 0. The molecule has 224 valence electrons. The van der Waals surface area contributed by atoms with Crippen LogP contribution in [0.4, 0.5) is 5.69 Å². The van der Waals surface area contributed by atoms with Gasteiger partial charge in [-0.25, -0.2) is 0 Å². The van der Waals surface area contributed by atoms with Gasteiger partial charge in [-0.2, -0.15) is 0 Å². The third-order valence-electron chi connectivity index (χ3n) is 8.92. The summed E-state index contributed by atoms with van der Waals surface area (Å²) in [7, 11) is 0. The standard InChI is InChI=1S/C30H51N3O4.2BrH/c1-2-3-4-5-6-7-8-9-10-11-12-13-20-32-22-25-33(26-23-32,27-24-32)21-14-15-30(34)37-29-18-16-28(17-19-29)31(35)36;;/h16-19H,2-15,20-27H2,1H3;2*1H/q+2;;/p-2. The van der Waals surface area contributed by atoms with Crippen molar-refractivity contribution in [3.8, 4) is 5.75 Å². The van der Waals surface area contributed by atoms with Gasteiger partial charge in [-0.15, -0.1) is 0 Å². The lowest BCUT2D eigenvalue weighted by Crippen LogP contribution is -3.00. The van der Waals surface area contributed by atoms with Crippen molar-refractivity contribution in [3.63, 3.8) is 0 Å². The normalized spacial score (nSPS) is 21.6. The SMILES string of the molecule is CCCCCCCCCCCCCC[N+]12CC[N+](CCCC(=O)Oc3ccc([N+](=O)[O-])cc3)(CC1)CC2.[Br-].[Br-]. The van der Waals surface area contributed by atoms with Crippen LogP contribution in [0.2, 0.25) is 0 Å². The van der Waals surface area contributed by atoms with Gasteiger partial charge >= 0.3 is 5.97 Å². The van der Waals surface area contributed by atoms with Gasteiger partial charge in [0, 0.05) is 18.6 Å². The maximum atomic E-state index is 12.3. The van der Waals surface area contributed by atoms with E-state index in [1.54, 1.807) is 0 Å². The van der Waals surface area contributed by atoms with E-state index in [0.29, 0.717) is 12.2 Å². The van der Waals surface area contributed by atoms with E-state index in [-0.39, 0.29) is 45.6 Å². The van der Waals surface area contributed by atoms with Gasteiger partial charge in [0.05, 0.1) is 24.4 Å². The van der Waals surface area contributed by atoms with E-state index in [1.165, 1.54) is 156 Å². The molecule has 9 heteroatoms. The minimum absolute atomic E-state index is 0. The van der Waals surface area contributed by atoms with E-state index in [9.17, 15) is 14.9 Å². The highest BCUT2D eigenvalue weighted by atomic mass is 79.9. The van der Waals surface area contributed by atoms with Crippen LogP contribution in [0.5, 0.6) is 5.75 Å². The Bertz CT molecular complexity index is 813. The van der Waals surface area contributed by atoms with Crippen LogP contribution in [-0.2, 0) is 4.79 Å². The Labute approximate surface area is 257 Å². The van der Waals surface area contributed by atoms with Crippen molar-refractivity contribution >= 4 is 11.7 Å². The van der Waals surface area contributed by atoms with E-state index in [2.05, 4.69) is 6.92 Å². The molecule has 0 spiro atoms. The molecule has 0 radical (unpaired) electrons. The largest absolute Gasteiger partial charge is 1.00 e. The van der Waals surface area contributed by atoms with Crippen molar-refractivity contribution in [1.29, 1.82) is 0 Å². The van der Waals surface area contributed by atoms with E-state index >= 15 is 0 Å². The summed E-state index contributed by atoms with van der Waals surface area (Å²) >= 11 is 0. The fourth-order valence-electron chi connectivity index (χ4n) is 6.28. The molecule has 0 N–H and O–H groups in total. The molecule has 1 aromatic carbocycles. The van der Waals surface area contributed by atoms with E-state index in [4.69, 9.17) is 4.74 Å². The molecule has 3 saturated heterocycles. The van der Waals surface area contributed by atoms with Crippen LogP contribution in [0.3, 0.4) is 0 Å². The number of nitro benzene ring substituents is 1. The first-order valence-corrected chi connectivity index (χ1v) is 15.1. The van der Waals surface area contributed by atoms with Crippen LogP contribution < -0.4 is 38.7 Å². The minimum atomic E-state index is -0.455. The average Bonchev–Trinajstić information content (AvgIpc) is 2.91. The molecule has 1 aromatic rings. The Morgan fingerprint density at radius 2 is 1.13 bits per heavy atom. The highest BCUT2D eigenvalue weighted by Gasteiger charge is 2.48. The van der Waals surface area contributed by atoms with Crippen molar-refractivity contribution < 1.29 is 57.4 Å². The zero-order valence-corrected chi connectivity index (χ0v) is 27.3. The van der Waals surface area contributed by atoms with Gasteiger partial charge in [0.25, 0.3) is 5.69 Å². The predicted octanol–water partition coefficient (Wildman–Crippen LogP) is 0.650. The van der Waals surface area contributed by atoms with Crippen molar-refractivity contribution in [2.24, 2.45) is 0 Å². The van der Waals surface area contributed by atoms with Gasteiger partial charge in [0.1, 0.15) is 45.0 Å². The predicted molar refractivity (Wildman–Crippen MR) is 149 cm³/mol. The first kappa shape index (κ1) is 36.0. The molecular formula is C30H51Br2N3O4. The summed E-state index contributed by atoms with van der Waals surface area (Å²) in [6, 6.07) is 5.71. The molecule has 7 nitrogen and oxygen atoms in total. The number of halogens is 2. The summed E-state index contributed by atoms with van der Waals surface area (Å²) in [6.07, 6.45) is 18.2. The molecule has 3 fully saturated rings. The summed E-state index contributed by atoms with van der Waals surface area (Å²) in [5.74, 6) is 0.122. The number of benzene rings is 1. The van der Waals surface area contributed by atoms with Gasteiger partial charge in [0.15, 0.2) is 0 Å². The van der Waals surface area contributed by atoms with E-state index < -0.39 is 4.92 Å². The Balaban J connectivity index is 0.00000380. The number of piperazine rings is 3. The number of quaternary nitrogens is 2. The Morgan fingerprint density at radius 1 is 0.718 bits per heavy atom. The maximum Gasteiger partial charge on any atom is 0.311 e. The number of non-ortho nitro benzene ring substituents is 1. The fraction of sp³-hybridized carbons (Fsp3) is 0.767. The molecule has 3 heterocycles. The molecule has 3 aliphatic heterocycles. The lowest BCUT2D eigenvalue weighted by atomic mass is 10.0.